The Morgan fingerprint density at radius 3 is 1.48 bits per heavy atom. The van der Waals surface area contributed by atoms with Gasteiger partial charge < -0.3 is 23.1 Å². The minimum atomic E-state index is -2.95. The Balaban J connectivity index is 5.11. The Kier molecular flexibility index (Phi) is 12.6. The van der Waals surface area contributed by atoms with Crippen LogP contribution < -0.4 is 0 Å². The molecule has 6 heteroatoms. The van der Waals surface area contributed by atoms with Crippen LogP contribution in [-0.4, -0.2) is 45.7 Å². The molecule has 0 rings (SSSR count). The molecule has 1 N–H and O–H groups in total. The van der Waals surface area contributed by atoms with Crippen molar-refractivity contribution in [1.82, 2.24) is 0 Å². The number of aliphatic hydroxyl groups is 1. The Morgan fingerprint density at radius 2 is 1.19 bits per heavy atom. The van der Waals surface area contributed by atoms with E-state index in [1.54, 1.807) is 0 Å². The molecular formula is C15H34O5Si. The molecule has 0 aliphatic rings. The first-order chi connectivity index (χ1) is 10.1. The highest BCUT2D eigenvalue weighted by atomic mass is 28.4. The number of hydrogen-bond acceptors (Lipinski definition) is 5. The molecule has 0 spiro atoms. The van der Waals surface area contributed by atoms with Gasteiger partial charge in [0, 0.05) is 19.8 Å². The van der Waals surface area contributed by atoms with Gasteiger partial charge in [-0.15, -0.1) is 0 Å². The quantitative estimate of drug-likeness (QED) is 0.393. The highest BCUT2D eigenvalue weighted by molar-refractivity contribution is 6.62. The summed E-state index contributed by atoms with van der Waals surface area (Å²) >= 11 is 0. The van der Waals surface area contributed by atoms with Crippen molar-refractivity contribution in [3.05, 3.63) is 0 Å². The summed E-state index contributed by atoms with van der Waals surface area (Å²) in [6.45, 7) is 11.8. The number of ether oxygens (including phenoxy) is 1. The molecule has 0 saturated carbocycles. The van der Waals surface area contributed by atoms with Crippen LogP contribution in [0.4, 0.5) is 0 Å². The molecule has 0 saturated heterocycles. The number of hydrogen-bond donors (Lipinski definition) is 1. The van der Waals surface area contributed by atoms with Crippen molar-refractivity contribution in [3.8, 4) is 0 Å². The van der Waals surface area contributed by atoms with Crippen LogP contribution in [0.5, 0.6) is 0 Å². The van der Waals surface area contributed by atoms with Gasteiger partial charge >= 0.3 is 8.80 Å². The molecule has 5 nitrogen and oxygen atoms in total. The van der Waals surface area contributed by atoms with Gasteiger partial charge in [-0.3, -0.25) is 0 Å². The second kappa shape index (κ2) is 12.5. The fourth-order valence-corrected chi connectivity index (χ4v) is 4.95. The van der Waals surface area contributed by atoms with Gasteiger partial charge in [0.05, 0.1) is 0 Å². The van der Waals surface area contributed by atoms with Gasteiger partial charge in [0.2, 0.25) is 0 Å². The minimum Gasteiger partial charge on any atom is -0.372 e. The number of aliphatic hydroxyl groups excluding tert-OH is 1. The predicted molar refractivity (Wildman–Crippen MR) is 85.9 cm³/mol. The second-order valence-corrected chi connectivity index (χ2v) is 7.76. The third kappa shape index (κ3) is 7.72. The third-order valence-electron chi connectivity index (χ3n) is 2.96. The average molecular weight is 323 g/mol. The van der Waals surface area contributed by atoms with Gasteiger partial charge in [-0.25, -0.2) is 0 Å². The van der Waals surface area contributed by atoms with E-state index in [4.69, 9.17) is 18.0 Å². The first-order valence-electron chi connectivity index (χ1n) is 8.35. The van der Waals surface area contributed by atoms with Gasteiger partial charge in [-0.2, -0.15) is 0 Å². The summed E-state index contributed by atoms with van der Waals surface area (Å²) in [6, 6.07) is 0. The van der Waals surface area contributed by atoms with Crippen molar-refractivity contribution < 1.29 is 23.1 Å². The van der Waals surface area contributed by atoms with Crippen LogP contribution in [0.2, 0.25) is 0 Å². The summed E-state index contributed by atoms with van der Waals surface area (Å²) in [5.74, 6) is 0. The van der Waals surface area contributed by atoms with E-state index in [9.17, 15) is 5.11 Å². The summed E-state index contributed by atoms with van der Waals surface area (Å²) in [7, 11) is -2.95. The molecule has 0 fully saturated rings. The van der Waals surface area contributed by atoms with Crippen LogP contribution in [0.1, 0.15) is 66.7 Å². The van der Waals surface area contributed by atoms with E-state index < -0.39 is 15.1 Å². The van der Waals surface area contributed by atoms with Crippen molar-refractivity contribution in [1.29, 1.82) is 0 Å². The van der Waals surface area contributed by atoms with Crippen LogP contribution in [0.15, 0.2) is 0 Å². The Hall–Kier alpha value is 0.0169. The maximum Gasteiger partial charge on any atom is 0.531 e. The monoisotopic (exact) mass is 322 g/mol. The molecule has 0 aromatic heterocycles. The highest BCUT2D eigenvalue weighted by Crippen LogP contribution is 2.23. The lowest BCUT2D eigenvalue weighted by atomic mass is 10.4. The molecule has 2 unspecified atom stereocenters. The van der Waals surface area contributed by atoms with Gasteiger partial charge in [-0.05, 0) is 32.1 Å². The zero-order valence-corrected chi connectivity index (χ0v) is 15.4. The van der Waals surface area contributed by atoms with Crippen LogP contribution in [0.25, 0.3) is 0 Å². The maximum absolute atomic E-state index is 9.83. The Bertz CT molecular complexity index is 218. The smallest absolute Gasteiger partial charge is 0.372 e. The summed E-state index contributed by atoms with van der Waals surface area (Å²) in [5, 5.41) is 9.83. The molecule has 0 bridgehead atoms. The van der Waals surface area contributed by atoms with E-state index in [1.165, 1.54) is 0 Å². The fourth-order valence-electron chi connectivity index (χ4n) is 1.85. The Morgan fingerprint density at radius 1 is 0.762 bits per heavy atom. The van der Waals surface area contributed by atoms with Crippen LogP contribution in [-0.2, 0) is 18.0 Å². The third-order valence-corrected chi connectivity index (χ3v) is 6.11. The van der Waals surface area contributed by atoms with Crippen molar-refractivity contribution in [2.45, 2.75) is 78.7 Å². The van der Waals surface area contributed by atoms with Crippen molar-refractivity contribution >= 4 is 8.80 Å². The minimum absolute atomic E-state index is 0.322. The normalized spacial score (nSPS) is 15.1. The van der Waals surface area contributed by atoms with Gasteiger partial charge in [0.15, 0.2) is 6.29 Å². The molecular weight excluding hydrogens is 288 g/mol. The summed E-state index contributed by atoms with van der Waals surface area (Å²) in [5.41, 5.74) is -0.322. The molecule has 128 valence electrons. The van der Waals surface area contributed by atoms with E-state index >= 15 is 0 Å². The van der Waals surface area contributed by atoms with E-state index in [1.807, 2.05) is 13.8 Å². The summed E-state index contributed by atoms with van der Waals surface area (Å²) in [4.78, 5) is 0. The molecule has 0 aliphatic heterocycles. The molecule has 0 aromatic rings. The zero-order valence-electron chi connectivity index (χ0n) is 14.4. The van der Waals surface area contributed by atoms with Crippen LogP contribution >= 0.6 is 0 Å². The molecule has 0 amide bonds. The molecule has 2 atom stereocenters. The molecule has 0 heterocycles. The molecule has 0 aliphatic carbocycles. The van der Waals surface area contributed by atoms with Crippen molar-refractivity contribution in [2.75, 3.05) is 19.8 Å². The lowest BCUT2D eigenvalue weighted by Gasteiger charge is -2.36. The van der Waals surface area contributed by atoms with Gasteiger partial charge in [0.1, 0.15) is 5.73 Å². The molecule has 21 heavy (non-hydrogen) atoms. The van der Waals surface area contributed by atoms with E-state index in [2.05, 4.69) is 20.8 Å². The first kappa shape index (κ1) is 21.0. The molecule has 0 aromatic carbocycles. The van der Waals surface area contributed by atoms with E-state index in [0.717, 1.165) is 19.3 Å². The zero-order chi connectivity index (χ0) is 16.1. The van der Waals surface area contributed by atoms with Gasteiger partial charge in [-0.1, -0.05) is 34.6 Å². The van der Waals surface area contributed by atoms with Crippen molar-refractivity contribution in [2.24, 2.45) is 0 Å². The first-order valence-corrected chi connectivity index (χ1v) is 10.2. The maximum atomic E-state index is 9.83. The SMILES string of the molecule is CCCO[Si](OCCC)(OCCC)C(CC)OC(O)CC. The predicted octanol–water partition coefficient (Wildman–Crippen LogP) is 3.27. The second-order valence-electron chi connectivity index (χ2n) is 5.04. The fraction of sp³-hybridized carbons (Fsp3) is 1.00. The van der Waals surface area contributed by atoms with Crippen molar-refractivity contribution in [3.63, 3.8) is 0 Å². The van der Waals surface area contributed by atoms with Crippen LogP contribution in [0, 0.1) is 0 Å². The van der Waals surface area contributed by atoms with Gasteiger partial charge in [0.25, 0.3) is 0 Å². The lowest BCUT2D eigenvalue weighted by molar-refractivity contribution is -0.139. The van der Waals surface area contributed by atoms with Crippen LogP contribution in [0.3, 0.4) is 0 Å². The topological polar surface area (TPSA) is 57.2 Å². The summed E-state index contributed by atoms with van der Waals surface area (Å²) < 4.78 is 23.9. The lowest BCUT2D eigenvalue weighted by Crippen LogP contribution is -2.58. The largest absolute Gasteiger partial charge is 0.531 e. The Labute approximate surface area is 131 Å². The molecule has 0 radical (unpaired) electrons. The number of rotatable bonds is 14. The van der Waals surface area contributed by atoms with E-state index in [-0.39, 0.29) is 5.73 Å². The van der Waals surface area contributed by atoms with E-state index in [0.29, 0.717) is 32.7 Å². The standard InChI is InChI=1S/C15H34O5Si/c1-6-11-17-21(18-12-7-2,19-13-8-3)15(10-5)20-14(16)9-4/h14-16H,6-13H2,1-5H3. The highest BCUT2D eigenvalue weighted by Gasteiger charge is 2.50. The average Bonchev–Trinajstić information content (AvgIpc) is 2.52. The summed E-state index contributed by atoms with van der Waals surface area (Å²) in [6.07, 6.45) is 3.12.